The first-order chi connectivity index (χ1) is 12.5. The highest BCUT2D eigenvalue weighted by molar-refractivity contribution is 7.85. The third-order valence-corrected chi connectivity index (χ3v) is 4.67. The van der Waals surface area contributed by atoms with Gasteiger partial charge >= 0.3 is 5.97 Å². The molecule has 26 heavy (non-hydrogen) atoms. The molecule has 0 saturated carbocycles. The van der Waals surface area contributed by atoms with Gasteiger partial charge in [-0.15, -0.1) is 0 Å². The lowest BCUT2D eigenvalue weighted by atomic mass is 10.2. The fraction of sp³-hybridized carbons (Fsp3) is 0.316. The van der Waals surface area contributed by atoms with Gasteiger partial charge in [-0.05, 0) is 18.1 Å². The van der Waals surface area contributed by atoms with E-state index in [-0.39, 0.29) is 25.6 Å². The molecule has 1 unspecified atom stereocenters. The van der Waals surface area contributed by atoms with E-state index in [9.17, 15) is 13.2 Å². The summed E-state index contributed by atoms with van der Waals surface area (Å²) < 4.78 is 39.0. The molecule has 7 heteroatoms. The van der Waals surface area contributed by atoms with Crippen molar-refractivity contribution in [2.45, 2.75) is 25.4 Å². The molecule has 0 amide bonds. The Balaban J connectivity index is 1.66. The molecule has 1 atom stereocenters. The zero-order chi connectivity index (χ0) is 18.8. The molecular weight excluding hydrogens is 356 g/mol. The first kappa shape index (κ1) is 20.1. The summed E-state index contributed by atoms with van der Waals surface area (Å²) in [6, 6.07) is 18.0. The van der Waals surface area contributed by atoms with E-state index in [0.717, 1.165) is 5.56 Å². The van der Waals surface area contributed by atoms with Crippen LogP contribution in [0.15, 0.2) is 60.7 Å². The van der Waals surface area contributed by atoms with Crippen LogP contribution < -0.4 is 0 Å². The van der Waals surface area contributed by atoms with E-state index >= 15 is 0 Å². The van der Waals surface area contributed by atoms with Gasteiger partial charge in [0.05, 0.1) is 13.2 Å². The van der Waals surface area contributed by atoms with Crippen molar-refractivity contribution >= 4 is 16.1 Å². The molecule has 2 aromatic carbocycles. The van der Waals surface area contributed by atoms with Crippen LogP contribution in [0.1, 0.15) is 18.1 Å². The second-order valence-electron chi connectivity index (χ2n) is 5.62. The molecule has 2 rings (SSSR count). The van der Waals surface area contributed by atoms with Gasteiger partial charge in [0.2, 0.25) is 0 Å². The number of hydrogen-bond donors (Lipinski definition) is 0. The summed E-state index contributed by atoms with van der Waals surface area (Å²) in [6.07, 6.45) is -0.806. The zero-order valence-corrected chi connectivity index (χ0v) is 15.4. The normalized spacial score (nSPS) is 12.5. The number of esters is 1. The fourth-order valence-electron chi connectivity index (χ4n) is 2.12. The minimum absolute atomic E-state index is 0.0321. The monoisotopic (exact) mass is 378 g/mol. The SMILES string of the molecule is CC(OCCOS(=O)(=O)Cc1ccccc1)C(=O)OCc1ccccc1. The summed E-state index contributed by atoms with van der Waals surface area (Å²) in [6.45, 7) is 1.52. The lowest BCUT2D eigenvalue weighted by Crippen LogP contribution is -2.25. The minimum atomic E-state index is -3.70. The van der Waals surface area contributed by atoms with E-state index in [4.69, 9.17) is 13.7 Å². The molecule has 0 aliphatic rings. The molecule has 0 saturated heterocycles. The van der Waals surface area contributed by atoms with Gasteiger partial charge in [-0.1, -0.05) is 60.7 Å². The van der Waals surface area contributed by atoms with Gasteiger partial charge in [-0.25, -0.2) is 4.79 Å². The van der Waals surface area contributed by atoms with E-state index < -0.39 is 22.2 Å². The molecule has 0 bridgehead atoms. The number of hydrogen-bond acceptors (Lipinski definition) is 6. The summed E-state index contributed by atoms with van der Waals surface area (Å²) >= 11 is 0. The van der Waals surface area contributed by atoms with E-state index in [1.165, 1.54) is 0 Å². The number of ether oxygens (including phenoxy) is 2. The lowest BCUT2D eigenvalue weighted by Gasteiger charge is -2.13. The molecule has 0 heterocycles. The Morgan fingerprint density at radius 3 is 2.12 bits per heavy atom. The molecule has 6 nitrogen and oxygen atoms in total. The quantitative estimate of drug-likeness (QED) is 0.359. The van der Waals surface area contributed by atoms with Crippen LogP contribution in [-0.4, -0.2) is 33.7 Å². The van der Waals surface area contributed by atoms with Crippen molar-refractivity contribution in [2.75, 3.05) is 13.2 Å². The third kappa shape index (κ3) is 7.35. The van der Waals surface area contributed by atoms with Gasteiger partial charge in [0.15, 0.2) is 6.10 Å². The maximum absolute atomic E-state index is 11.9. The molecule has 140 valence electrons. The maximum atomic E-state index is 11.9. The molecule has 0 fully saturated rings. The van der Waals surface area contributed by atoms with E-state index in [2.05, 4.69) is 0 Å². The van der Waals surface area contributed by atoms with Gasteiger partial charge in [-0.3, -0.25) is 4.18 Å². The predicted molar refractivity (Wildman–Crippen MR) is 96.7 cm³/mol. The van der Waals surface area contributed by atoms with Gasteiger partial charge in [0.1, 0.15) is 12.4 Å². The largest absolute Gasteiger partial charge is 0.459 e. The van der Waals surface area contributed by atoms with Crippen molar-refractivity contribution < 1.29 is 26.9 Å². The molecule has 0 N–H and O–H groups in total. The average molecular weight is 378 g/mol. The highest BCUT2D eigenvalue weighted by Gasteiger charge is 2.16. The Hall–Kier alpha value is -2.22. The summed E-state index contributed by atoms with van der Waals surface area (Å²) in [4.78, 5) is 11.8. The first-order valence-corrected chi connectivity index (χ1v) is 9.77. The summed E-state index contributed by atoms with van der Waals surface area (Å²) in [5.74, 6) is -0.719. The van der Waals surface area contributed by atoms with Crippen molar-refractivity contribution in [1.82, 2.24) is 0 Å². The number of rotatable bonds is 10. The van der Waals surface area contributed by atoms with E-state index in [1.807, 2.05) is 36.4 Å². The van der Waals surface area contributed by atoms with Crippen molar-refractivity contribution in [3.8, 4) is 0 Å². The molecule has 2 aromatic rings. The Kier molecular flexibility index (Phi) is 7.77. The van der Waals surface area contributed by atoms with Crippen LogP contribution in [0.3, 0.4) is 0 Å². The second kappa shape index (κ2) is 10.1. The van der Waals surface area contributed by atoms with Crippen molar-refractivity contribution in [1.29, 1.82) is 0 Å². The van der Waals surface area contributed by atoms with Crippen LogP contribution in [0.2, 0.25) is 0 Å². The van der Waals surface area contributed by atoms with E-state index in [1.54, 1.807) is 31.2 Å². The Morgan fingerprint density at radius 1 is 0.923 bits per heavy atom. The van der Waals surface area contributed by atoms with E-state index in [0.29, 0.717) is 5.56 Å². The number of carbonyl (C=O) groups excluding carboxylic acids is 1. The first-order valence-electron chi connectivity index (χ1n) is 8.19. The third-order valence-electron chi connectivity index (χ3n) is 3.46. The van der Waals surface area contributed by atoms with Crippen molar-refractivity contribution in [3.63, 3.8) is 0 Å². The number of benzene rings is 2. The zero-order valence-electron chi connectivity index (χ0n) is 14.5. The topological polar surface area (TPSA) is 78.9 Å². The molecule has 0 aliphatic heterocycles. The van der Waals surface area contributed by atoms with Gasteiger partial charge in [0, 0.05) is 0 Å². The van der Waals surface area contributed by atoms with Crippen LogP contribution >= 0.6 is 0 Å². The Bertz CT molecular complexity index is 774. The molecular formula is C19H22O6S. The lowest BCUT2D eigenvalue weighted by molar-refractivity contribution is -0.157. The van der Waals surface area contributed by atoms with Crippen molar-refractivity contribution in [2.24, 2.45) is 0 Å². The fourth-order valence-corrected chi connectivity index (χ4v) is 3.13. The van der Waals surface area contributed by atoms with Crippen molar-refractivity contribution in [3.05, 3.63) is 71.8 Å². The summed E-state index contributed by atoms with van der Waals surface area (Å²) in [5, 5.41) is 0. The Morgan fingerprint density at radius 2 is 1.50 bits per heavy atom. The minimum Gasteiger partial charge on any atom is -0.459 e. The summed E-state index contributed by atoms with van der Waals surface area (Å²) in [7, 11) is -3.70. The Labute approximate surface area is 153 Å². The molecule has 0 aliphatic carbocycles. The molecule has 0 aromatic heterocycles. The van der Waals surface area contributed by atoms with Crippen LogP contribution in [-0.2, 0) is 40.9 Å². The van der Waals surface area contributed by atoms with Gasteiger partial charge < -0.3 is 9.47 Å². The smallest absolute Gasteiger partial charge is 0.335 e. The van der Waals surface area contributed by atoms with Crippen LogP contribution in [0.25, 0.3) is 0 Å². The van der Waals surface area contributed by atoms with Crippen LogP contribution in [0.5, 0.6) is 0 Å². The second-order valence-corrected chi connectivity index (χ2v) is 7.26. The standard InChI is InChI=1S/C19H22O6S/c1-16(19(20)24-14-17-8-4-2-5-9-17)23-12-13-25-26(21,22)15-18-10-6-3-7-11-18/h2-11,16H,12-15H2,1H3. The highest BCUT2D eigenvalue weighted by atomic mass is 32.2. The maximum Gasteiger partial charge on any atom is 0.335 e. The average Bonchev–Trinajstić information content (AvgIpc) is 2.64. The van der Waals surface area contributed by atoms with Gasteiger partial charge in [0.25, 0.3) is 10.1 Å². The highest BCUT2D eigenvalue weighted by Crippen LogP contribution is 2.08. The van der Waals surface area contributed by atoms with Gasteiger partial charge in [-0.2, -0.15) is 8.42 Å². The van der Waals surface area contributed by atoms with Crippen LogP contribution in [0.4, 0.5) is 0 Å². The molecule has 0 radical (unpaired) electrons. The summed E-state index contributed by atoms with van der Waals surface area (Å²) in [5.41, 5.74) is 1.52. The predicted octanol–water partition coefficient (Wildman–Crippen LogP) is 2.68. The number of carbonyl (C=O) groups is 1. The molecule has 0 spiro atoms. The van der Waals surface area contributed by atoms with Crippen LogP contribution in [0, 0.1) is 0 Å².